The molecular weight excluding hydrogens is 199 g/mol. The van der Waals surface area contributed by atoms with E-state index < -0.39 is 22.0 Å². The molecule has 1 rings (SSSR count). The summed E-state index contributed by atoms with van der Waals surface area (Å²) >= 11 is -1.05. The monoisotopic (exact) mass is 210 g/mol. The molecule has 0 amide bonds. The molecule has 0 spiro atoms. The molecular formula is C4H10O2Sn. The zero-order valence-electron chi connectivity index (χ0n) is 4.35. The Morgan fingerprint density at radius 2 is 1.57 bits per heavy atom. The summed E-state index contributed by atoms with van der Waals surface area (Å²) in [4.78, 5) is 0. The zero-order chi connectivity index (χ0) is 4.95. The summed E-state index contributed by atoms with van der Waals surface area (Å²) in [6.07, 6.45) is 2.41. The van der Waals surface area contributed by atoms with Crippen LogP contribution in [0.1, 0.15) is 12.8 Å². The molecule has 0 radical (unpaired) electrons. The van der Waals surface area contributed by atoms with E-state index in [1.54, 1.807) is 0 Å². The molecule has 1 aliphatic heterocycles. The van der Waals surface area contributed by atoms with Gasteiger partial charge < -0.3 is 0 Å². The Labute approximate surface area is 54.5 Å². The van der Waals surface area contributed by atoms with Gasteiger partial charge in [-0.2, -0.15) is 0 Å². The molecule has 0 atom stereocenters. The second-order valence-electron chi connectivity index (χ2n) is 1.64. The molecule has 1 fully saturated rings. The average molecular weight is 209 g/mol. The van der Waals surface area contributed by atoms with Crippen LogP contribution in [-0.4, -0.2) is 35.2 Å². The molecule has 0 N–H and O–H groups in total. The van der Waals surface area contributed by atoms with Crippen LogP contribution in [0.3, 0.4) is 0 Å². The first-order chi connectivity index (χ1) is 3.50. The summed E-state index contributed by atoms with van der Waals surface area (Å²) in [5.74, 6) is 0. The third-order valence-corrected chi connectivity index (χ3v) is 3.59. The van der Waals surface area contributed by atoms with Crippen LogP contribution in [0.5, 0.6) is 0 Å². The summed E-state index contributed by atoms with van der Waals surface area (Å²) in [6.45, 7) is 1.94. The Morgan fingerprint density at radius 1 is 1.00 bits per heavy atom. The van der Waals surface area contributed by atoms with Crippen molar-refractivity contribution in [2.75, 3.05) is 13.2 Å². The van der Waals surface area contributed by atoms with Gasteiger partial charge in [-0.05, 0) is 0 Å². The second kappa shape index (κ2) is 3.69. The summed E-state index contributed by atoms with van der Waals surface area (Å²) in [6, 6.07) is 0. The van der Waals surface area contributed by atoms with Crippen molar-refractivity contribution >= 4 is 22.0 Å². The van der Waals surface area contributed by atoms with Crippen molar-refractivity contribution in [3.63, 3.8) is 0 Å². The van der Waals surface area contributed by atoms with Crippen molar-refractivity contribution in [3.05, 3.63) is 0 Å². The third-order valence-electron chi connectivity index (χ3n) is 0.994. The van der Waals surface area contributed by atoms with Crippen molar-refractivity contribution in [1.82, 2.24) is 0 Å². The van der Waals surface area contributed by atoms with E-state index in [1.165, 1.54) is 12.8 Å². The predicted octanol–water partition coefficient (Wildman–Crippen LogP) is -0.188. The van der Waals surface area contributed by atoms with Gasteiger partial charge in [-0.15, -0.1) is 0 Å². The van der Waals surface area contributed by atoms with Gasteiger partial charge in [-0.3, -0.25) is 0 Å². The molecule has 0 aromatic carbocycles. The molecule has 1 saturated heterocycles. The predicted molar refractivity (Wildman–Crippen MR) is 29.7 cm³/mol. The minimum absolute atomic E-state index is 0.968. The number of hydrogen-bond donors (Lipinski definition) is 0. The van der Waals surface area contributed by atoms with Gasteiger partial charge in [0.1, 0.15) is 0 Å². The van der Waals surface area contributed by atoms with Crippen LogP contribution in [0.2, 0.25) is 0 Å². The Hall–Kier alpha value is 0.719. The summed E-state index contributed by atoms with van der Waals surface area (Å²) in [5, 5.41) is 0. The standard InChI is InChI=1S/C4H8O2.Sn.2H/c5-3-1-2-4-6;;;/h1-4H2;;;/q-2;+2;;. The van der Waals surface area contributed by atoms with E-state index >= 15 is 0 Å². The van der Waals surface area contributed by atoms with Gasteiger partial charge in [0.05, 0.1) is 0 Å². The molecule has 1 heterocycles. The fourth-order valence-corrected chi connectivity index (χ4v) is 2.76. The van der Waals surface area contributed by atoms with Crippen LogP contribution in [0.15, 0.2) is 0 Å². The Bertz CT molecular complexity index is 29.3. The number of hydrogen-bond acceptors (Lipinski definition) is 2. The molecule has 2 nitrogen and oxygen atoms in total. The van der Waals surface area contributed by atoms with Crippen molar-refractivity contribution in [2.45, 2.75) is 12.8 Å². The van der Waals surface area contributed by atoms with Crippen LogP contribution in [0, 0.1) is 0 Å². The first-order valence-corrected chi connectivity index (χ1v) is 5.95. The first kappa shape index (κ1) is 5.85. The molecule has 0 bridgehead atoms. The van der Waals surface area contributed by atoms with Gasteiger partial charge in [0.2, 0.25) is 0 Å². The second-order valence-corrected chi connectivity index (χ2v) is 4.64. The van der Waals surface area contributed by atoms with E-state index in [2.05, 4.69) is 0 Å². The van der Waals surface area contributed by atoms with Crippen LogP contribution in [-0.2, 0) is 6.15 Å². The molecule has 0 aromatic heterocycles. The van der Waals surface area contributed by atoms with Crippen molar-refractivity contribution < 1.29 is 6.15 Å². The topological polar surface area (TPSA) is 18.5 Å². The van der Waals surface area contributed by atoms with Crippen LogP contribution in [0.4, 0.5) is 0 Å². The van der Waals surface area contributed by atoms with Gasteiger partial charge in [0, 0.05) is 0 Å². The average Bonchev–Trinajstić information content (AvgIpc) is 1.90. The van der Waals surface area contributed by atoms with Gasteiger partial charge >= 0.3 is 54.2 Å². The first-order valence-electron chi connectivity index (χ1n) is 2.65. The van der Waals surface area contributed by atoms with Crippen molar-refractivity contribution in [3.8, 4) is 0 Å². The van der Waals surface area contributed by atoms with E-state index in [-0.39, 0.29) is 0 Å². The summed E-state index contributed by atoms with van der Waals surface area (Å²) in [7, 11) is 0. The van der Waals surface area contributed by atoms with Gasteiger partial charge in [0.15, 0.2) is 0 Å². The quantitative estimate of drug-likeness (QED) is 0.514. The molecule has 0 aromatic rings. The third kappa shape index (κ3) is 2.51. The molecule has 0 aliphatic carbocycles. The van der Waals surface area contributed by atoms with E-state index in [4.69, 9.17) is 6.15 Å². The van der Waals surface area contributed by atoms with Crippen LogP contribution < -0.4 is 0 Å². The van der Waals surface area contributed by atoms with Gasteiger partial charge in [-0.1, -0.05) is 0 Å². The molecule has 7 heavy (non-hydrogen) atoms. The Kier molecular flexibility index (Phi) is 3.08. The summed E-state index contributed by atoms with van der Waals surface area (Å²) in [5.41, 5.74) is 0. The van der Waals surface area contributed by atoms with Crippen LogP contribution in [0.25, 0.3) is 0 Å². The minimum atomic E-state index is -1.05. The van der Waals surface area contributed by atoms with Crippen LogP contribution >= 0.6 is 0 Å². The fraction of sp³-hybridized carbons (Fsp3) is 1.00. The normalized spacial score (nSPS) is 24.0. The Balaban J connectivity index is 2.04. The molecule has 42 valence electrons. The molecule has 1 aliphatic rings. The van der Waals surface area contributed by atoms with Gasteiger partial charge in [0.25, 0.3) is 0 Å². The van der Waals surface area contributed by atoms with E-state index in [0.717, 1.165) is 13.2 Å². The molecule has 0 unspecified atom stereocenters. The maximum atomic E-state index is 5.18. The van der Waals surface area contributed by atoms with E-state index in [9.17, 15) is 0 Å². The number of rotatable bonds is 0. The molecule has 3 heteroatoms. The van der Waals surface area contributed by atoms with E-state index in [0.29, 0.717) is 0 Å². The SMILES string of the molecule is C1CC[O][SnH2][O]C1. The van der Waals surface area contributed by atoms with E-state index in [1.807, 2.05) is 0 Å². The zero-order valence-corrected chi connectivity index (χ0v) is 8.39. The fourth-order valence-electron chi connectivity index (χ4n) is 0.585. The molecule has 0 saturated carbocycles. The Morgan fingerprint density at radius 3 is 2.14 bits per heavy atom. The van der Waals surface area contributed by atoms with Gasteiger partial charge in [-0.25, -0.2) is 0 Å². The van der Waals surface area contributed by atoms with Crippen molar-refractivity contribution in [1.29, 1.82) is 0 Å². The van der Waals surface area contributed by atoms with Crippen molar-refractivity contribution in [2.24, 2.45) is 0 Å². The maximum absolute atomic E-state index is 5.18. The summed E-state index contributed by atoms with van der Waals surface area (Å²) < 4.78 is 10.4.